The van der Waals surface area contributed by atoms with E-state index in [0.717, 1.165) is 10.8 Å². The maximum Gasteiger partial charge on any atom is 0.393 e. The minimum Gasteiger partial charge on any atom is -0.462 e. The fourth-order valence-corrected chi connectivity index (χ4v) is 6.32. The second-order valence-corrected chi connectivity index (χ2v) is 11.8. The van der Waals surface area contributed by atoms with E-state index in [-0.39, 0.29) is 35.5 Å². The van der Waals surface area contributed by atoms with Crippen LogP contribution in [-0.2, 0) is 19.1 Å². The zero-order valence-electron chi connectivity index (χ0n) is 25.6. The SMILES string of the molecule is CCOC(=O)c1c(-c2ccccc2)csc1NC(=O)C(F)(F)C(F)(F)C(F)(F)C(F)(F)C(=O)Nc1scc(-c2ccccc2)c1C(=O)OCC. The van der Waals surface area contributed by atoms with E-state index in [2.05, 4.69) is 0 Å². The largest absolute Gasteiger partial charge is 0.462 e. The van der Waals surface area contributed by atoms with Crippen molar-refractivity contribution < 1.29 is 63.8 Å². The number of esters is 2. The van der Waals surface area contributed by atoms with E-state index in [9.17, 15) is 54.3 Å². The fraction of sp³-hybridized carbons (Fsp3) is 0.250. The Labute approximate surface area is 286 Å². The fourth-order valence-electron chi connectivity index (χ4n) is 4.41. The van der Waals surface area contributed by atoms with E-state index in [1.54, 1.807) is 12.1 Å². The number of benzene rings is 2. The molecule has 0 aliphatic carbocycles. The van der Waals surface area contributed by atoms with Gasteiger partial charge in [-0.1, -0.05) is 60.7 Å². The minimum atomic E-state index is -7.22. The van der Waals surface area contributed by atoms with Crippen molar-refractivity contribution in [3.05, 3.63) is 82.6 Å². The van der Waals surface area contributed by atoms with Gasteiger partial charge in [-0.25, -0.2) is 9.59 Å². The number of carbonyl (C=O) groups excluding carboxylic acids is 4. The third-order valence-electron chi connectivity index (χ3n) is 6.92. The van der Waals surface area contributed by atoms with Crippen molar-refractivity contribution in [3.63, 3.8) is 0 Å². The van der Waals surface area contributed by atoms with Crippen molar-refractivity contribution >= 4 is 56.4 Å². The molecule has 0 saturated carbocycles. The molecule has 0 radical (unpaired) electrons. The highest BCUT2D eigenvalue weighted by Crippen LogP contribution is 2.53. The van der Waals surface area contributed by atoms with Gasteiger partial charge in [-0.2, -0.15) is 35.1 Å². The van der Waals surface area contributed by atoms with E-state index < -0.39 is 68.6 Å². The summed E-state index contributed by atoms with van der Waals surface area (Å²) < 4.78 is 129. The molecule has 2 heterocycles. The van der Waals surface area contributed by atoms with Gasteiger partial charge in [-0.15, -0.1) is 22.7 Å². The van der Waals surface area contributed by atoms with Crippen LogP contribution in [-0.4, -0.2) is 60.7 Å². The van der Waals surface area contributed by atoms with Gasteiger partial charge in [0.25, 0.3) is 0 Å². The molecule has 4 rings (SSSR count). The number of hydrogen-bond donors (Lipinski definition) is 2. The van der Waals surface area contributed by atoms with Crippen LogP contribution in [0.3, 0.4) is 0 Å². The Morgan fingerprint density at radius 1 is 0.580 bits per heavy atom. The summed E-state index contributed by atoms with van der Waals surface area (Å²) in [5, 5.41) is 3.12. The van der Waals surface area contributed by atoms with Crippen molar-refractivity contribution in [2.75, 3.05) is 23.8 Å². The average molecular weight is 749 g/mol. The van der Waals surface area contributed by atoms with Gasteiger partial charge >= 0.3 is 47.4 Å². The maximum absolute atomic E-state index is 15.0. The van der Waals surface area contributed by atoms with Crippen LogP contribution in [0.2, 0.25) is 0 Å². The standard InChI is InChI=1S/C32H24F8N2O6S2/c1-3-47-25(43)21-19(17-11-7-5-8-12-17)15-49-23(21)41-27(45)29(33,34)31(37,38)32(39,40)30(35,36)28(46)42-24-22(26(44)48-4-2)20(16-50-24)18-13-9-6-10-14-18/h5-16H,3-4H2,1-2H3,(H,41,45)(H,42,46). The smallest absolute Gasteiger partial charge is 0.393 e. The van der Waals surface area contributed by atoms with Crippen molar-refractivity contribution in [2.24, 2.45) is 0 Å². The number of halogens is 8. The van der Waals surface area contributed by atoms with Gasteiger partial charge in [-0.3, -0.25) is 9.59 Å². The van der Waals surface area contributed by atoms with Crippen molar-refractivity contribution in [3.8, 4) is 22.3 Å². The van der Waals surface area contributed by atoms with E-state index in [0.29, 0.717) is 22.7 Å². The molecule has 8 nitrogen and oxygen atoms in total. The summed E-state index contributed by atoms with van der Waals surface area (Å²) in [6.07, 6.45) is 0. The normalized spacial score (nSPS) is 12.3. The first-order chi connectivity index (χ1) is 23.4. The van der Waals surface area contributed by atoms with Crippen molar-refractivity contribution in [2.45, 2.75) is 37.5 Å². The molecule has 2 aromatic heterocycles. The molecule has 2 aromatic carbocycles. The molecular formula is C32H24F8N2O6S2. The zero-order chi connectivity index (χ0) is 37.1. The van der Waals surface area contributed by atoms with Gasteiger partial charge in [0.15, 0.2) is 0 Å². The summed E-state index contributed by atoms with van der Waals surface area (Å²) in [6.45, 7) is 2.23. The van der Waals surface area contributed by atoms with Gasteiger partial charge in [0.1, 0.15) is 21.1 Å². The Morgan fingerprint density at radius 2 is 0.900 bits per heavy atom. The number of nitrogens with one attached hydrogen (secondary N) is 2. The monoisotopic (exact) mass is 748 g/mol. The van der Waals surface area contributed by atoms with Gasteiger partial charge in [0, 0.05) is 21.9 Å². The van der Waals surface area contributed by atoms with Crippen molar-refractivity contribution in [1.29, 1.82) is 0 Å². The summed E-state index contributed by atoms with van der Waals surface area (Å²) in [6, 6.07) is 15.1. The number of ether oxygens (including phenoxy) is 2. The number of amides is 2. The Hall–Kier alpha value is -4.84. The molecule has 4 aromatic rings. The molecular weight excluding hydrogens is 724 g/mol. The first kappa shape index (κ1) is 38.0. The van der Waals surface area contributed by atoms with Crippen LogP contribution in [0.25, 0.3) is 22.3 Å². The minimum absolute atomic E-state index is 0.0147. The molecule has 0 atom stereocenters. The summed E-state index contributed by atoms with van der Waals surface area (Å²) >= 11 is 0.719. The predicted octanol–water partition coefficient (Wildman–Crippen LogP) is 8.62. The Bertz CT molecular complexity index is 1750. The lowest BCUT2D eigenvalue weighted by molar-refractivity contribution is -0.345. The Kier molecular flexibility index (Phi) is 11.1. The molecule has 0 spiro atoms. The third kappa shape index (κ3) is 6.81. The van der Waals surface area contributed by atoms with Gasteiger partial charge in [-0.05, 0) is 25.0 Å². The zero-order valence-corrected chi connectivity index (χ0v) is 27.3. The summed E-state index contributed by atoms with van der Waals surface area (Å²) in [4.78, 5) is 50.3. The molecule has 50 heavy (non-hydrogen) atoms. The van der Waals surface area contributed by atoms with E-state index in [1.807, 2.05) is 0 Å². The van der Waals surface area contributed by atoms with Crippen LogP contribution in [0.15, 0.2) is 71.4 Å². The highest BCUT2D eigenvalue weighted by molar-refractivity contribution is 7.15. The van der Waals surface area contributed by atoms with Crippen molar-refractivity contribution in [1.82, 2.24) is 0 Å². The Balaban J connectivity index is 1.65. The van der Waals surface area contributed by atoms with Crippen LogP contribution in [0.1, 0.15) is 34.6 Å². The topological polar surface area (TPSA) is 111 Å². The highest BCUT2D eigenvalue weighted by Gasteiger charge is 2.84. The van der Waals surface area contributed by atoms with Gasteiger partial charge < -0.3 is 20.1 Å². The van der Waals surface area contributed by atoms with Crippen LogP contribution >= 0.6 is 22.7 Å². The average Bonchev–Trinajstić information content (AvgIpc) is 3.70. The second-order valence-electron chi connectivity index (χ2n) is 10.1. The lowest BCUT2D eigenvalue weighted by Crippen LogP contribution is -2.67. The number of rotatable bonds is 13. The lowest BCUT2D eigenvalue weighted by atomic mass is 9.97. The lowest BCUT2D eigenvalue weighted by Gasteiger charge is -2.35. The first-order valence-electron chi connectivity index (χ1n) is 14.3. The van der Waals surface area contributed by atoms with Crippen LogP contribution < -0.4 is 10.6 Å². The van der Waals surface area contributed by atoms with Crippen LogP contribution in [0.5, 0.6) is 0 Å². The van der Waals surface area contributed by atoms with Gasteiger partial charge in [0.2, 0.25) is 0 Å². The second kappa shape index (κ2) is 14.6. The maximum atomic E-state index is 15.0. The van der Waals surface area contributed by atoms with E-state index in [4.69, 9.17) is 9.47 Å². The summed E-state index contributed by atoms with van der Waals surface area (Å²) in [5.74, 6) is -36.5. The molecule has 0 aliphatic heterocycles. The number of alkyl halides is 8. The molecule has 0 bridgehead atoms. The quantitative estimate of drug-likeness (QED) is 0.105. The first-order valence-corrected chi connectivity index (χ1v) is 16.0. The molecule has 0 unspecified atom stereocenters. The Morgan fingerprint density at radius 3 is 1.20 bits per heavy atom. The molecule has 2 N–H and O–H groups in total. The van der Waals surface area contributed by atoms with E-state index >= 15 is 0 Å². The highest BCUT2D eigenvalue weighted by atomic mass is 32.1. The molecule has 0 fully saturated rings. The number of carbonyl (C=O) groups is 4. The number of anilines is 2. The van der Waals surface area contributed by atoms with Gasteiger partial charge in [0.05, 0.1) is 13.2 Å². The molecule has 18 heteroatoms. The number of hydrogen-bond acceptors (Lipinski definition) is 8. The summed E-state index contributed by atoms with van der Waals surface area (Å²) in [5.41, 5.74) is -0.660. The van der Waals surface area contributed by atoms with Crippen LogP contribution in [0, 0.1) is 0 Å². The molecule has 2 amide bonds. The van der Waals surface area contributed by atoms with Crippen LogP contribution in [0.4, 0.5) is 45.1 Å². The molecule has 0 saturated heterocycles. The summed E-state index contributed by atoms with van der Waals surface area (Å²) in [7, 11) is 0. The predicted molar refractivity (Wildman–Crippen MR) is 168 cm³/mol. The molecule has 266 valence electrons. The molecule has 0 aliphatic rings. The van der Waals surface area contributed by atoms with E-state index in [1.165, 1.54) is 73.0 Å². The number of thiophene rings is 2. The third-order valence-corrected chi connectivity index (χ3v) is 8.71.